The third kappa shape index (κ3) is 2.37. The average molecular weight is 346 g/mol. The number of aryl methyl sites for hydroxylation is 1. The van der Waals surface area contributed by atoms with Gasteiger partial charge in [-0.25, -0.2) is 4.98 Å². The maximum atomic E-state index is 5.80. The minimum atomic E-state index is 0.609. The van der Waals surface area contributed by atoms with Crippen molar-refractivity contribution in [2.45, 2.75) is 17.8 Å². The zero-order valence-electron chi connectivity index (χ0n) is 13.5. The van der Waals surface area contributed by atoms with Crippen LogP contribution in [0, 0.1) is 6.92 Å². The number of fused-ring (bicyclic) bond motifs is 4. The molecule has 0 aliphatic carbocycles. The smallest absolute Gasteiger partial charge is 0.205 e. The Labute approximate surface area is 147 Å². The topological polar surface area (TPSA) is 56.2 Å². The van der Waals surface area contributed by atoms with E-state index < -0.39 is 0 Å². The van der Waals surface area contributed by atoms with E-state index in [1.165, 1.54) is 10.9 Å². The molecule has 0 unspecified atom stereocenters. The predicted octanol–water partition coefficient (Wildman–Crippen LogP) is 4.62. The average Bonchev–Trinajstić information content (AvgIpc) is 3.23. The Morgan fingerprint density at radius 2 is 1.88 bits per heavy atom. The second-order valence-electron chi connectivity index (χ2n) is 5.88. The van der Waals surface area contributed by atoms with Crippen LogP contribution < -0.4 is 0 Å². The van der Waals surface area contributed by atoms with Gasteiger partial charge < -0.3 is 4.42 Å². The van der Waals surface area contributed by atoms with Crippen LogP contribution in [0.1, 0.15) is 11.5 Å². The number of nitrogens with zero attached hydrogens (tertiary/aromatic N) is 4. The van der Waals surface area contributed by atoms with Crippen molar-refractivity contribution < 1.29 is 4.42 Å². The maximum absolute atomic E-state index is 5.80. The van der Waals surface area contributed by atoms with E-state index in [1.54, 1.807) is 11.8 Å². The first-order valence-electron chi connectivity index (χ1n) is 8.00. The van der Waals surface area contributed by atoms with Gasteiger partial charge in [-0.3, -0.25) is 4.40 Å². The van der Waals surface area contributed by atoms with Gasteiger partial charge in [-0.15, -0.1) is 10.2 Å². The number of para-hydroxylation sites is 3. The van der Waals surface area contributed by atoms with Crippen molar-refractivity contribution in [3.63, 3.8) is 0 Å². The van der Waals surface area contributed by atoms with Crippen LogP contribution in [0.3, 0.4) is 0 Å². The maximum Gasteiger partial charge on any atom is 0.205 e. The molecule has 0 saturated heterocycles. The van der Waals surface area contributed by atoms with Crippen molar-refractivity contribution in [2.75, 3.05) is 0 Å². The highest BCUT2D eigenvalue weighted by Gasteiger charge is 2.13. The molecule has 5 aromatic rings. The van der Waals surface area contributed by atoms with Crippen LogP contribution in [-0.2, 0) is 5.75 Å². The predicted molar refractivity (Wildman–Crippen MR) is 98.8 cm³/mol. The molecule has 0 radical (unpaired) electrons. The number of oxazole rings is 1. The quantitative estimate of drug-likeness (QED) is 0.446. The monoisotopic (exact) mass is 346 g/mol. The number of benzene rings is 2. The minimum absolute atomic E-state index is 0.609. The molecule has 0 atom stereocenters. The first-order chi connectivity index (χ1) is 12.3. The van der Waals surface area contributed by atoms with E-state index in [0.29, 0.717) is 11.6 Å². The van der Waals surface area contributed by atoms with E-state index in [9.17, 15) is 0 Å². The summed E-state index contributed by atoms with van der Waals surface area (Å²) in [7, 11) is 0. The molecule has 2 aromatic carbocycles. The Bertz CT molecular complexity index is 1190. The molecule has 122 valence electrons. The van der Waals surface area contributed by atoms with Crippen LogP contribution in [0.4, 0.5) is 0 Å². The lowest BCUT2D eigenvalue weighted by Gasteiger charge is -2.06. The van der Waals surface area contributed by atoms with Gasteiger partial charge in [0.15, 0.2) is 16.4 Å². The Balaban J connectivity index is 1.55. The first-order valence-corrected chi connectivity index (χ1v) is 8.99. The Morgan fingerprint density at radius 1 is 1.04 bits per heavy atom. The summed E-state index contributed by atoms with van der Waals surface area (Å²) in [5, 5.41) is 10.7. The van der Waals surface area contributed by atoms with Crippen LogP contribution >= 0.6 is 11.8 Å². The van der Waals surface area contributed by atoms with Gasteiger partial charge in [0.2, 0.25) is 5.89 Å². The minimum Gasteiger partial charge on any atom is -0.440 e. The van der Waals surface area contributed by atoms with E-state index in [2.05, 4.69) is 50.8 Å². The number of hydrogen-bond donors (Lipinski definition) is 0. The van der Waals surface area contributed by atoms with Crippen LogP contribution in [0.5, 0.6) is 0 Å². The Morgan fingerprint density at radius 3 is 2.80 bits per heavy atom. The fourth-order valence-corrected chi connectivity index (χ4v) is 3.87. The summed E-state index contributed by atoms with van der Waals surface area (Å²) in [5.74, 6) is 1.30. The number of pyridine rings is 1. The summed E-state index contributed by atoms with van der Waals surface area (Å²) in [5.41, 5.74) is 4.86. The molecule has 6 heteroatoms. The molecular weight excluding hydrogens is 332 g/mol. The fraction of sp³-hybridized carbons (Fsp3) is 0.105. The number of hydrogen-bond acceptors (Lipinski definition) is 5. The highest BCUT2D eigenvalue weighted by molar-refractivity contribution is 7.98. The second-order valence-corrected chi connectivity index (χ2v) is 6.83. The second kappa shape index (κ2) is 5.60. The van der Waals surface area contributed by atoms with Gasteiger partial charge in [-0.05, 0) is 36.8 Å². The molecule has 3 aromatic heterocycles. The molecule has 0 amide bonds. The SMILES string of the molecule is Cc1cc2nnc(SCc3nc4ccccc4o3)n2c2ccccc12. The van der Waals surface area contributed by atoms with Crippen molar-refractivity contribution in [1.29, 1.82) is 0 Å². The standard InChI is InChI=1S/C19H14N4OS/c1-12-10-17-21-22-19(23(17)15-8-4-2-6-13(12)15)25-11-18-20-14-7-3-5-9-16(14)24-18/h2-10H,11H2,1H3. The summed E-state index contributed by atoms with van der Waals surface area (Å²) >= 11 is 1.58. The molecule has 5 rings (SSSR count). The van der Waals surface area contributed by atoms with E-state index in [-0.39, 0.29) is 0 Å². The van der Waals surface area contributed by atoms with Gasteiger partial charge in [0.1, 0.15) is 5.52 Å². The van der Waals surface area contributed by atoms with Crippen LogP contribution in [0.15, 0.2) is 64.2 Å². The summed E-state index contributed by atoms with van der Waals surface area (Å²) < 4.78 is 7.89. The molecular formula is C19H14N4OS. The van der Waals surface area contributed by atoms with Gasteiger partial charge in [0, 0.05) is 5.39 Å². The largest absolute Gasteiger partial charge is 0.440 e. The zero-order valence-corrected chi connectivity index (χ0v) is 14.3. The van der Waals surface area contributed by atoms with Gasteiger partial charge in [0.25, 0.3) is 0 Å². The third-order valence-corrected chi connectivity index (χ3v) is 5.15. The van der Waals surface area contributed by atoms with Gasteiger partial charge >= 0.3 is 0 Å². The molecule has 25 heavy (non-hydrogen) atoms. The summed E-state index contributed by atoms with van der Waals surface area (Å²) in [6.07, 6.45) is 0. The van der Waals surface area contributed by atoms with Crippen molar-refractivity contribution >= 4 is 39.4 Å². The third-order valence-electron chi connectivity index (χ3n) is 4.24. The highest BCUT2D eigenvalue weighted by Crippen LogP contribution is 2.28. The lowest BCUT2D eigenvalue weighted by Crippen LogP contribution is -1.93. The zero-order chi connectivity index (χ0) is 16.8. The lowest BCUT2D eigenvalue weighted by atomic mass is 10.1. The van der Waals surface area contributed by atoms with E-state index >= 15 is 0 Å². The highest BCUT2D eigenvalue weighted by atomic mass is 32.2. The summed E-state index contributed by atoms with van der Waals surface area (Å²) in [6.45, 7) is 2.10. The molecule has 0 fully saturated rings. The number of aromatic nitrogens is 4. The van der Waals surface area contributed by atoms with Crippen molar-refractivity contribution in [1.82, 2.24) is 19.6 Å². The van der Waals surface area contributed by atoms with Gasteiger partial charge in [-0.2, -0.15) is 0 Å². The summed E-state index contributed by atoms with van der Waals surface area (Å²) in [6, 6.07) is 18.2. The molecule has 3 heterocycles. The molecule has 0 spiro atoms. The van der Waals surface area contributed by atoms with Crippen molar-refractivity contribution in [2.24, 2.45) is 0 Å². The van der Waals surface area contributed by atoms with Crippen LogP contribution in [0.25, 0.3) is 27.6 Å². The normalized spacial score (nSPS) is 11.7. The van der Waals surface area contributed by atoms with E-state index in [1.807, 2.05) is 30.3 Å². The van der Waals surface area contributed by atoms with Crippen LogP contribution in [-0.4, -0.2) is 19.6 Å². The molecule has 0 aliphatic heterocycles. The Kier molecular flexibility index (Phi) is 3.24. The first kappa shape index (κ1) is 14.5. The molecule has 0 bridgehead atoms. The molecule has 0 aliphatic rings. The van der Waals surface area contributed by atoms with Crippen LogP contribution in [0.2, 0.25) is 0 Å². The molecule has 5 nitrogen and oxygen atoms in total. The lowest BCUT2D eigenvalue weighted by molar-refractivity contribution is 0.556. The Hall–Kier alpha value is -2.86. The fourth-order valence-electron chi connectivity index (χ4n) is 3.08. The molecule has 0 N–H and O–H groups in total. The van der Waals surface area contributed by atoms with Crippen molar-refractivity contribution in [3.8, 4) is 0 Å². The van der Waals surface area contributed by atoms with Gasteiger partial charge in [-0.1, -0.05) is 42.1 Å². The van der Waals surface area contributed by atoms with Gasteiger partial charge in [0.05, 0.1) is 11.3 Å². The van der Waals surface area contributed by atoms with E-state index in [0.717, 1.165) is 27.4 Å². The number of rotatable bonds is 3. The molecule has 0 saturated carbocycles. The number of thioether (sulfide) groups is 1. The van der Waals surface area contributed by atoms with Crippen molar-refractivity contribution in [3.05, 3.63) is 66.1 Å². The summed E-state index contributed by atoms with van der Waals surface area (Å²) in [4.78, 5) is 4.52. The van der Waals surface area contributed by atoms with E-state index in [4.69, 9.17) is 4.42 Å².